The molecule has 0 N–H and O–H groups in total. The number of carbonyl (C=O) groups is 1. The Morgan fingerprint density at radius 3 is 2.00 bits per heavy atom. The van der Waals surface area contributed by atoms with Crippen LogP contribution in [-0.2, 0) is 4.79 Å². The maximum Gasteiger partial charge on any atom is 1.00 e. The normalized spacial score (nSPS) is 16.2. The van der Waals surface area contributed by atoms with Gasteiger partial charge in [0, 0.05) is 0 Å². The van der Waals surface area contributed by atoms with Crippen molar-refractivity contribution >= 4 is 11.5 Å². The molecular weight excluding hydrogens is 149 g/mol. The fourth-order valence-corrected chi connectivity index (χ4v) is 0.980. The summed E-state index contributed by atoms with van der Waals surface area (Å²) in [5, 5.41) is 12.8. The fraction of sp³-hybridized carbons (Fsp3) is 0.250. The first-order valence-corrected chi connectivity index (χ1v) is 3.27. The first-order chi connectivity index (χ1) is 5.15. The van der Waals surface area contributed by atoms with Crippen LogP contribution in [0.15, 0.2) is 28.5 Å². The maximum absolute atomic E-state index is 11.1. The standard InChI is InChI=1S/C8H9NO2.Li/c1-5-3-7(9-11)4-6(2)8(5)10;/h3-4,11H,1-2H3;/q;+1/p-1. The van der Waals surface area contributed by atoms with Gasteiger partial charge in [-0.2, -0.15) is 0 Å². The van der Waals surface area contributed by atoms with Gasteiger partial charge in [0.2, 0.25) is 0 Å². The van der Waals surface area contributed by atoms with Crippen LogP contribution in [-0.4, -0.2) is 11.5 Å². The third-order valence-corrected chi connectivity index (χ3v) is 1.55. The number of ketones is 1. The summed E-state index contributed by atoms with van der Waals surface area (Å²) >= 11 is 0. The van der Waals surface area contributed by atoms with E-state index < -0.39 is 0 Å². The van der Waals surface area contributed by atoms with Gasteiger partial charge in [0.1, 0.15) is 0 Å². The molecule has 0 unspecified atom stereocenters. The molecule has 0 fully saturated rings. The van der Waals surface area contributed by atoms with Gasteiger partial charge >= 0.3 is 18.9 Å². The molecule has 1 rings (SSSR count). The summed E-state index contributed by atoms with van der Waals surface area (Å²) in [6, 6.07) is 0. The molecule has 1 aliphatic rings. The first kappa shape index (κ1) is 11.2. The summed E-state index contributed by atoms with van der Waals surface area (Å²) < 4.78 is 0. The molecule has 0 saturated heterocycles. The zero-order valence-electron chi connectivity index (χ0n) is 7.42. The van der Waals surface area contributed by atoms with E-state index in [1.807, 2.05) is 0 Å². The Kier molecular flexibility index (Phi) is 4.01. The van der Waals surface area contributed by atoms with Gasteiger partial charge in [-0.15, -0.1) is 0 Å². The molecule has 0 heterocycles. The number of carbonyl (C=O) groups excluding carboxylic acids is 1. The monoisotopic (exact) mass is 157 g/mol. The van der Waals surface area contributed by atoms with E-state index in [4.69, 9.17) is 0 Å². The quantitative estimate of drug-likeness (QED) is 0.242. The van der Waals surface area contributed by atoms with Crippen LogP contribution >= 0.6 is 0 Å². The number of nitrogens with zero attached hydrogens (tertiary/aromatic N) is 1. The van der Waals surface area contributed by atoms with Crippen molar-refractivity contribution in [3.8, 4) is 0 Å². The van der Waals surface area contributed by atoms with Crippen LogP contribution in [0.2, 0.25) is 0 Å². The van der Waals surface area contributed by atoms with Crippen LogP contribution in [0.1, 0.15) is 13.8 Å². The molecule has 0 radical (unpaired) electrons. The van der Waals surface area contributed by atoms with Crippen molar-refractivity contribution in [2.24, 2.45) is 5.16 Å². The minimum Gasteiger partial charge on any atom is -0.792 e. The molecule has 0 atom stereocenters. The Morgan fingerprint density at radius 1 is 1.25 bits per heavy atom. The third-order valence-electron chi connectivity index (χ3n) is 1.55. The first-order valence-electron chi connectivity index (χ1n) is 3.27. The molecular formula is C8H8LiNO2. The largest absolute Gasteiger partial charge is 1.00 e. The predicted molar refractivity (Wildman–Crippen MR) is 43.3 cm³/mol. The predicted octanol–water partition coefficient (Wildman–Crippen LogP) is -1.60. The molecule has 0 aromatic heterocycles. The molecule has 0 saturated carbocycles. The zero-order valence-corrected chi connectivity index (χ0v) is 7.42. The molecule has 0 aromatic carbocycles. The smallest absolute Gasteiger partial charge is 0.792 e. The third kappa shape index (κ3) is 2.10. The second kappa shape index (κ2) is 4.29. The average molecular weight is 157 g/mol. The molecule has 1 aliphatic carbocycles. The topological polar surface area (TPSA) is 52.5 Å². The summed E-state index contributed by atoms with van der Waals surface area (Å²) in [4.78, 5) is 11.1. The van der Waals surface area contributed by atoms with E-state index in [0.29, 0.717) is 16.9 Å². The van der Waals surface area contributed by atoms with E-state index in [2.05, 4.69) is 5.16 Å². The molecule has 0 amide bonds. The fourth-order valence-electron chi connectivity index (χ4n) is 0.980. The van der Waals surface area contributed by atoms with Crippen molar-refractivity contribution in [2.75, 3.05) is 0 Å². The van der Waals surface area contributed by atoms with Crippen molar-refractivity contribution < 1.29 is 23.7 Å². The van der Waals surface area contributed by atoms with E-state index in [1.165, 1.54) is 12.2 Å². The molecule has 0 bridgehead atoms. The SMILES string of the molecule is CC1=CC(=N[O-])C=C(C)C1=O.[Li+]. The molecule has 4 heteroatoms. The number of Topliss-reactive ketones (excluding diaryl/α,β-unsaturated/α-hetero) is 1. The Balaban J connectivity index is 0.00000121. The summed E-state index contributed by atoms with van der Waals surface area (Å²) in [6.07, 6.45) is 2.98. The van der Waals surface area contributed by atoms with Gasteiger partial charge in [-0.25, -0.2) is 0 Å². The van der Waals surface area contributed by atoms with E-state index in [1.54, 1.807) is 13.8 Å². The Hall–Kier alpha value is -0.783. The Bertz CT molecular complexity index is 265. The number of hydrogen-bond donors (Lipinski definition) is 0. The molecule has 0 aromatic rings. The number of allylic oxidation sites excluding steroid dienone is 4. The zero-order chi connectivity index (χ0) is 8.43. The van der Waals surface area contributed by atoms with E-state index in [0.717, 1.165) is 0 Å². The van der Waals surface area contributed by atoms with Crippen molar-refractivity contribution in [1.82, 2.24) is 0 Å². The number of rotatable bonds is 0. The maximum atomic E-state index is 11.1. The van der Waals surface area contributed by atoms with Crippen molar-refractivity contribution in [3.05, 3.63) is 28.5 Å². The number of hydrogen-bond acceptors (Lipinski definition) is 3. The van der Waals surface area contributed by atoms with Gasteiger partial charge < -0.3 is 10.4 Å². The van der Waals surface area contributed by atoms with E-state index >= 15 is 0 Å². The molecule has 3 nitrogen and oxygen atoms in total. The second-order valence-corrected chi connectivity index (χ2v) is 2.50. The van der Waals surface area contributed by atoms with Gasteiger partial charge in [-0.1, -0.05) is 0 Å². The van der Waals surface area contributed by atoms with E-state index in [-0.39, 0.29) is 24.6 Å². The summed E-state index contributed by atoms with van der Waals surface area (Å²) in [5.41, 5.74) is 1.46. The summed E-state index contributed by atoms with van der Waals surface area (Å²) in [7, 11) is 0. The second-order valence-electron chi connectivity index (χ2n) is 2.50. The average Bonchev–Trinajstić information content (AvgIpc) is 1.99. The van der Waals surface area contributed by atoms with Crippen LogP contribution in [0.3, 0.4) is 0 Å². The van der Waals surface area contributed by atoms with Gasteiger partial charge in [0.25, 0.3) is 0 Å². The van der Waals surface area contributed by atoms with Gasteiger partial charge in [0.15, 0.2) is 5.78 Å². The Labute approximate surface area is 83.0 Å². The summed E-state index contributed by atoms with van der Waals surface area (Å²) in [6.45, 7) is 3.34. The van der Waals surface area contributed by atoms with Crippen molar-refractivity contribution in [3.63, 3.8) is 0 Å². The van der Waals surface area contributed by atoms with Crippen LogP contribution in [0.25, 0.3) is 0 Å². The van der Waals surface area contributed by atoms with Crippen molar-refractivity contribution in [1.29, 1.82) is 0 Å². The van der Waals surface area contributed by atoms with Crippen molar-refractivity contribution in [2.45, 2.75) is 13.8 Å². The minimum atomic E-state index is -0.0163. The van der Waals surface area contributed by atoms with Gasteiger partial charge in [-0.3, -0.25) is 4.79 Å². The summed E-state index contributed by atoms with van der Waals surface area (Å²) in [5.74, 6) is -0.0163. The van der Waals surface area contributed by atoms with E-state index in [9.17, 15) is 10.0 Å². The molecule has 0 aliphatic heterocycles. The van der Waals surface area contributed by atoms with Crippen LogP contribution < -0.4 is 18.9 Å². The minimum absolute atomic E-state index is 0. The molecule has 58 valence electrons. The molecule has 0 spiro atoms. The molecule has 12 heavy (non-hydrogen) atoms. The van der Waals surface area contributed by atoms with Gasteiger partial charge in [-0.05, 0) is 37.1 Å². The van der Waals surface area contributed by atoms with Crippen LogP contribution in [0, 0.1) is 5.21 Å². The van der Waals surface area contributed by atoms with Crippen LogP contribution in [0.4, 0.5) is 0 Å². The van der Waals surface area contributed by atoms with Gasteiger partial charge in [0.05, 0.1) is 5.71 Å². The van der Waals surface area contributed by atoms with Crippen LogP contribution in [0.5, 0.6) is 0 Å². The Morgan fingerprint density at radius 2 is 1.67 bits per heavy atom.